The van der Waals surface area contributed by atoms with E-state index in [1.807, 2.05) is 4.90 Å². The Hall–Kier alpha value is -0.884. The maximum absolute atomic E-state index is 14.3. The van der Waals surface area contributed by atoms with Crippen LogP contribution in [0.25, 0.3) is 16.9 Å². The van der Waals surface area contributed by atoms with Gasteiger partial charge in [-0.1, -0.05) is 15.9 Å². The number of nitrogens with zero attached hydrogens (tertiary/aromatic N) is 4. The van der Waals surface area contributed by atoms with Crippen LogP contribution in [-0.4, -0.2) is 46.9 Å². The predicted octanol–water partition coefficient (Wildman–Crippen LogP) is -1.50. The van der Waals surface area contributed by atoms with Gasteiger partial charge in [-0.15, -0.1) is 0 Å². The van der Waals surface area contributed by atoms with Gasteiger partial charge in [0, 0.05) is 35.3 Å². The van der Waals surface area contributed by atoms with Crippen molar-refractivity contribution in [3.63, 3.8) is 0 Å². The second kappa shape index (κ2) is 8.64. The number of carbonyl (C=O) groups is 1. The molecule has 1 aliphatic rings. The smallest absolute Gasteiger partial charge is 0.543 e. The number of benzene rings is 1. The van der Waals surface area contributed by atoms with Crippen LogP contribution in [0.4, 0.5) is 10.2 Å². The Morgan fingerprint density at radius 1 is 1.22 bits per heavy atom. The van der Waals surface area contributed by atoms with Crippen molar-refractivity contribution in [1.82, 2.24) is 14.6 Å². The molecule has 1 saturated heterocycles. The fourth-order valence-electron chi connectivity index (χ4n) is 2.91. The van der Waals surface area contributed by atoms with Crippen molar-refractivity contribution in [2.24, 2.45) is 0 Å². The Labute approximate surface area is 205 Å². The minimum atomic E-state index is -1.38. The van der Waals surface area contributed by atoms with E-state index in [9.17, 15) is 14.3 Å². The number of morpholine rings is 1. The molecule has 1 aliphatic heterocycles. The van der Waals surface area contributed by atoms with Crippen LogP contribution in [0.2, 0.25) is 0 Å². The average molecular weight is 459 g/mol. The standard InChI is InChI=1S/C17H14BrFN4O3.K/c18-10-1-2-11(12(19)7-10)13-8-15-20-14(17(24)25)9-16(23(15)21-13)22-3-5-26-6-4-22;/h1-2,7-9H,3-6H2,(H,24,25);/q;+1/p-1. The van der Waals surface area contributed by atoms with E-state index in [4.69, 9.17) is 4.74 Å². The van der Waals surface area contributed by atoms with Crippen LogP contribution in [0, 0.1) is 5.82 Å². The third-order valence-electron chi connectivity index (χ3n) is 4.16. The Balaban J connectivity index is 0.00000210. The van der Waals surface area contributed by atoms with Crippen molar-refractivity contribution in [3.05, 3.63) is 46.3 Å². The van der Waals surface area contributed by atoms with Crippen molar-refractivity contribution in [3.8, 4) is 11.3 Å². The molecule has 0 saturated carbocycles. The molecular formula is C17H13BrFKN4O3. The monoisotopic (exact) mass is 458 g/mol. The molecule has 0 radical (unpaired) electrons. The fraction of sp³-hybridized carbons (Fsp3) is 0.235. The van der Waals surface area contributed by atoms with Crippen LogP contribution in [0.15, 0.2) is 34.8 Å². The zero-order valence-electron chi connectivity index (χ0n) is 14.5. The molecule has 0 bridgehead atoms. The van der Waals surface area contributed by atoms with E-state index in [0.717, 1.165) is 0 Å². The molecular weight excluding hydrogens is 446 g/mol. The summed E-state index contributed by atoms with van der Waals surface area (Å²) in [7, 11) is 0. The summed E-state index contributed by atoms with van der Waals surface area (Å²) < 4.78 is 21.8. The SMILES string of the molecule is O=C([O-])c1cc(N2CCOCC2)n2nc(-c3ccc(Br)cc3F)cc2n1.[K+]. The number of ether oxygens (including phenoxy) is 1. The number of aromatic nitrogens is 3. The number of fused-ring (bicyclic) bond motifs is 1. The molecule has 0 spiro atoms. The number of carboxylic acid groups (broad SMARTS) is 1. The molecule has 7 nitrogen and oxygen atoms in total. The maximum Gasteiger partial charge on any atom is 1.00 e. The molecule has 0 aliphatic carbocycles. The summed E-state index contributed by atoms with van der Waals surface area (Å²) in [6.45, 7) is 2.24. The van der Waals surface area contributed by atoms with Crippen LogP contribution < -0.4 is 61.4 Å². The summed E-state index contributed by atoms with van der Waals surface area (Å²) in [5.41, 5.74) is 0.793. The van der Waals surface area contributed by atoms with Gasteiger partial charge in [-0.3, -0.25) is 0 Å². The number of aromatic carboxylic acids is 1. The molecule has 0 unspecified atom stereocenters. The maximum atomic E-state index is 14.3. The Morgan fingerprint density at radius 3 is 2.63 bits per heavy atom. The zero-order valence-corrected chi connectivity index (χ0v) is 19.2. The van der Waals surface area contributed by atoms with Crippen molar-refractivity contribution < 1.29 is 70.4 Å². The van der Waals surface area contributed by atoms with Crippen molar-refractivity contribution in [2.45, 2.75) is 0 Å². The van der Waals surface area contributed by atoms with Gasteiger partial charge in [0.2, 0.25) is 0 Å². The summed E-state index contributed by atoms with van der Waals surface area (Å²) >= 11 is 3.22. The van der Waals surface area contributed by atoms with Crippen molar-refractivity contribution in [2.75, 3.05) is 31.2 Å². The summed E-state index contributed by atoms with van der Waals surface area (Å²) in [6, 6.07) is 7.65. The number of rotatable bonds is 3. The van der Waals surface area contributed by atoms with Crippen LogP contribution in [0.1, 0.15) is 10.5 Å². The zero-order chi connectivity index (χ0) is 18.3. The molecule has 3 aromatic rings. The second-order valence-electron chi connectivity index (χ2n) is 5.81. The van der Waals surface area contributed by atoms with E-state index >= 15 is 0 Å². The van der Waals surface area contributed by atoms with Gasteiger partial charge < -0.3 is 19.5 Å². The van der Waals surface area contributed by atoms with E-state index in [2.05, 4.69) is 26.0 Å². The van der Waals surface area contributed by atoms with Crippen molar-refractivity contribution >= 4 is 33.4 Å². The molecule has 10 heteroatoms. The van der Waals surface area contributed by atoms with Crippen LogP contribution in [0.5, 0.6) is 0 Å². The molecule has 134 valence electrons. The topological polar surface area (TPSA) is 82.8 Å². The van der Waals surface area contributed by atoms with E-state index < -0.39 is 11.8 Å². The van der Waals surface area contributed by atoms with Gasteiger partial charge >= 0.3 is 51.4 Å². The number of carbonyl (C=O) groups excluding carboxylic acids is 1. The van der Waals surface area contributed by atoms with E-state index in [1.165, 1.54) is 16.6 Å². The third-order valence-corrected chi connectivity index (χ3v) is 4.65. The van der Waals surface area contributed by atoms with Gasteiger partial charge in [-0.2, -0.15) is 9.61 Å². The first-order chi connectivity index (χ1) is 12.5. The normalized spacial score (nSPS) is 14.2. The number of hydrogen-bond acceptors (Lipinski definition) is 6. The van der Waals surface area contributed by atoms with Gasteiger partial charge in [0.15, 0.2) is 5.65 Å². The van der Waals surface area contributed by atoms with Crippen LogP contribution in [0.3, 0.4) is 0 Å². The number of carboxylic acids is 1. The molecule has 4 rings (SSSR count). The van der Waals surface area contributed by atoms with Gasteiger partial charge in [0.25, 0.3) is 0 Å². The molecule has 2 aromatic heterocycles. The fourth-order valence-corrected chi connectivity index (χ4v) is 3.24. The molecule has 1 fully saturated rings. The Kier molecular flexibility index (Phi) is 6.67. The van der Waals surface area contributed by atoms with Crippen LogP contribution in [-0.2, 0) is 4.74 Å². The predicted molar refractivity (Wildman–Crippen MR) is 93.4 cm³/mol. The largest absolute Gasteiger partial charge is 1.00 e. The Morgan fingerprint density at radius 2 is 1.96 bits per heavy atom. The summed E-state index contributed by atoms with van der Waals surface area (Å²) in [4.78, 5) is 17.4. The van der Waals surface area contributed by atoms with E-state index in [1.54, 1.807) is 18.2 Å². The average Bonchev–Trinajstić information content (AvgIpc) is 3.05. The first-order valence-corrected chi connectivity index (χ1v) is 8.72. The first-order valence-electron chi connectivity index (χ1n) is 7.93. The number of hydrogen-bond donors (Lipinski definition) is 0. The molecule has 3 heterocycles. The summed E-state index contributed by atoms with van der Waals surface area (Å²) in [6.07, 6.45) is 0. The third kappa shape index (κ3) is 4.26. The van der Waals surface area contributed by atoms with Gasteiger partial charge in [0.1, 0.15) is 11.6 Å². The molecule has 27 heavy (non-hydrogen) atoms. The molecule has 1 aromatic carbocycles. The van der Waals surface area contributed by atoms with E-state index in [0.29, 0.717) is 53.5 Å². The quantitative estimate of drug-likeness (QED) is 0.444. The van der Waals surface area contributed by atoms with E-state index in [-0.39, 0.29) is 57.1 Å². The summed E-state index contributed by atoms with van der Waals surface area (Å²) in [5, 5.41) is 15.8. The number of anilines is 1. The van der Waals surface area contributed by atoms with Crippen LogP contribution >= 0.6 is 15.9 Å². The number of halogens is 2. The molecule has 0 amide bonds. The van der Waals surface area contributed by atoms with Gasteiger partial charge in [-0.25, -0.2) is 9.37 Å². The Bertz CT molecular complexity index is 1010. The summed E-state index contributed by atoms with van der Waals surface area (Å²) in [5.74, 6) is -1.25. The minimum absolute atomic E-state index is 0. The second-order valence-corrected chi connectivity index (χ2v) is 6.73. The minimum Gasteiger partial charge on any atom is -0.543 e. The first kappa shape index (κ1) is 20.8. The molecule has 0 N–H and O–H groups in total. The van der Waals surface area contributed by atoms with Gasteiger partial charge in [0.05, 0.1) is 30.6 Å². The van der Waals surface area contributed by atoms with Crippen molar-refractivity contribution in [1.29, 1.82) is 0 Å². The molecule has 0 atom stereocenters. The van der Waals surface area contributed by atoms with Gasteiger partial charge in [-0.05, 0) is 18.2 Å².